The largest absolute Gasteiger partial charge is 0.497 e. The third-order valence-electron chi connectivity index (χ3n) is 5.18. The van der Waals surface area contributed by atoms with Crippen LogP contribution in [0.15, 0.2) is 54.7 Å². The number of ether oxygens (including phenoxy) is 2. The normalized spacial score (nSPS) is 16.5. The number of carbonyl (C=O) groups excluding carboxylic acids is 1. The Morgan fingerprint density at radius 2 is 1.89 bits per heavy atom. The average molecular weight is 362 g/mol. The highest BCUT2D eigenvalue weighted by Gasteiger charge is 2.30. The summed E-state index contributed by atoms with van der Waals surface area (Å²) in [6.45, 7) is 1.38. The first-order valence-electron chi connectivity index (χ1n) is 9.05. The van der Waals surface area contributed by atoms with Crippen molar-refractivity contribution in [1.29, 1.82) is 0 Å². The Hall–Kier alpha value is -3.08. The van der Waals surface area contributed by atoms with Gasteiger partial charge in [0.05, 0.1) is 19.8 Å². The fourth-order valence-electron chi connectivity index (χ4n) is 3.66. The Morgan fingerprint density at radius 3 is 2.67 bits per heavy atom. The maximum absolute atomic E-state index is 13.0. The van der Waals surface area contributed by atoms with Crippen LogP contribution in [0.5, 0.6) is 11.5 Å². The van der Waals surface area contributed by atoms with Crippen molar-refractivity contribution in [2.75, 3.05) is 27.3 Å². The molecule has 1 aliphatic heterocycles. The number of carbonyl (C=O) groups is 1. The molecule has 1 aromatic heterocycles. The van der Waals surface area contributed by atoms with Gasteiger partial charge in [-0.25, -0.2) is 0 Å². The van der Waals surface area contributed by atoms with Crippen LogP contribution in [0.4, 0.5) is 0 Å². The minimum absolute atomic E-state index is 0.0159. The molecule has 1 atom stereocenters. The zero-order valence-electron chi connectivity index (χ0n) is 15.5. The number of likely N-dealkylation sites (tertiary alicyclic amines) is 1. The number of pyridine rings is 1. The molecule has 0 aliphatic carbocycles. The molecular weight excluding hydrogens is 340 g/mol. The van der Waals surface area contributed by atoms with E-state index in [1.165, 1.54) is 5.39 Å². The molecule has 4 rings (SSSR count). The fraction of sp³-hybridized carbons (Fsp3) is 0.273. The van der Waals surface area contributed by atoms with E-state index in [-0.39, 0.29) is 11.8 Å². The molecule has 0 N–H and O–H groups in total. The van der Waals surface area contributed by atoms with E-state index >= 15 is 0 Å². The summed E-state index contributed by atoms with van der Waals surface area (Å²) in [4.78, 5) is 19.5. The third kappa shape index (κ3) is 3.33. The molecule has 0 radical (unpaired) electrons. The molecule has 1 saturated heterocycles. The van der Waals surface area contributed by atoms with Crippen molar-refractivity contribution in [2.24, 2.45) is 0 Å². The molecule has 2 aromatic carbocycles. The summed E-state index contributed by atoms with van der Waals surface area (Å²) in [5.74, 6) is 1.44. The summed E-state index contributed by atoms with van der Waals surface area (Å²) in [6.07, 6.45) is 2.83. The Morgan fingerprint density at radius 1 is 1.07 bits per heavy atom. The molecule has 138 valence electrons. The van der Waals surface area contributed by atoms with Crippen molar-refractivity contribution < 1.29 is 14.3 Å². The lowest BCUT2D eigenvalue weighted by Crippen LogP contribution is -2.28. The summed E-state index contributed by atoms with van der Waals surface area (Å²) >= 11 is 0. The minimum Gasteiger partial charge on any atom is -0.497 e. The van der Waals surface area contributed by atoms with E-state index in [0.717, 1.165) is 17.5 Å². The lowest BCUT2D eigenvalue weighted by molar-refractivity contribution is 0.0787. The van der Waals surface area contributed by atoms with Gasteiger partial charge in [-0.1, -0.05) is 24.3 Å². The summed E-state index contributed by atoms with van der Waals surface area (Å²) in [5, 5.41) is 2.32. The third-order valence-corrected chi connectivity index (χ3v) is 5.18. The molecule has 1 aliphatic rings. The molecule has 0 spiro atoms. The van der Waals surface area contributed by atoms with Crippen LogP contribution in [0.3, 0.4) is 0 Å². The van der Waals surface area contributed by atoms with Gasteiger partial charge in [0.2, 0.25) is 0 Å². The van der Waals surface area contributed by atoms with Crippen molar-refractivity contribution in [3.63, 3.8) is 0 Å². The predicted molar refractivity (Wildman–Crippen MR) is 105 cm³/mol. The number of nitrogens with zero attached hydrogens (tertiary/aromatic N) is 2. The molecule has 1 fully saturated rings. The number of fused-ring (bicyclic) bond motifs is 1. The van der Waals surface area contributed by atoms with Crippen LogP contribution in [-0.2, 0) is 0 Å². The van der Waals surface area contributed by atoms with Gasteiger partial charge < -0.3 is 14.4 Å². The van der Waals surface area contributed by atoms with Gasteiger partial charge in [0.25, 0.3) is 5.91 Å². The minimum atomic E-state index is -0.0159. The van der Waals surface area contributed by atoms with E-state index in [0.29, 0.717) is 30.2 Å². The van der Waals surface area contributed by atoms with Crippen LogP contribution in [0.1, 0.15) is 28.4 Å². The maximum atomic E-state index is 13.0. The molecular formula is C22H22N2O3. The lowest BCUT2D eigenvalue weighted by atomic mass is 10.0. The number of aromatic nitrogens is 1. The Bertz CT molecular complexity index is 986. The van der Waals surface area contributed by atoms with Crippen LogP contribution < -0.4 is 9.47 Å². The van der Waals surface area contributed by atoms with Gasteiger partial charge in [-0.2, -0.15) is 0 Å². The maximum Gasteiger partial charge on any atom is 0.257 e. The lowest BCUT2D eigenvalue weighted by Gasteiger charge is -2.18. The van der Waals surface area contributed by atoms with Crippen LogP contribution >= 0.6 is 0 Å². The summed E-state index contributed by atoms with van der Waals surface area (Å²) < 4.78 is 10.6. The zero-order valence-corrected chi connectivity index (χ0v) is 15.5. The van der Waals surface area contributed by atoms with Crippen molar-refractivity contribution in [1.82, 2.24) is 9.88 Å². The number of hydrogen-bond donors (Lipinski definition) is 0. The molecule has 5 nitrogen and oxygen atoms in total. The first kappa shape index (κ1) is 17.3. The summed E-state index contributed by atoms with van der Waals surface area (Å²) in [7, 11) is 3.16. The highest BCUT2D eigenvalue weighted by Crippen LogP contribution is 2.31. The standard InChI is InChI=1S/C22H22N2O3/c1-26-18-7-8-19(21(12-18)27-2)22(25)24-10-9-17(14-24)20-11-15-5-3-4-6-16(15)13-23-20/h3-8,11-13,17H,9-10,14H2,1-2H3. The van der Waals surface area contributed by atoms with E-state index in [4.69, 9.17) is 9.47 Å². The second-order valence-corrected chi connectivity index (χ2v) is 6.76. The number of benzene rings is 2. The van der Waals surface area contributed by atoms with E-state index in [9.17, 15) is 4.79 Å². The number of methoxy groups -OCH3 is 2. The first-order chi connectivity index (χ1) is 13.2. The van der Waals surface area contributed by atoms with Crippen molar-refractivity contribution in [3.05, 3.63) is 66.0 Å². The molecule has 2 heterocycles. The Labute approximate surface area is 158 Å². The van der Waals surface area contributed by atoms with E-state index in [1.54, 1.807) is 32.4 Å². The van der Waals surface area contributed by atoms with Crippen LogP contribution in [0, 0.1) is 0 Å². The second-order valence-electron chi connectivity index (χ2n) is 6.76. The number of amides is 1. The van der Waals surface area contributed by atoms with Crippen LogP contribution in [0.2, 0.25) is 0 Å². The number of hydrogen-bond acceptors (Lipinski definition) is 4. The van der Waals surface area contributed by atoms with E-state index in [2.05, 4.69) is 23.2 Å². The SMILES string of the molecule is COc1ccc(C(=O)N2CCC(c3cc4ccccc4cn3)C2)c(OC)c1. The molecule has 5 heteroatoms. The van der Waals surface area contributed by atoms with Gasteiger partial charge in [-0.3, -0.25) is 9.78 Å². The van der Waals surface area contributed by atoms with E-state index in [1.807, 2.05) is 23.2 Å². The molecule has 0 bridgehead atoms. The summed E-state index contributed by atoms with van der Waals surface area (Å²) in [6, 6.07) is 15.6. The topological polar surface area (TPSA) is 51.7 Å². The van der Waals surface area contributed by atoms with Gasteiger partial charge in [0, 0.05) is 42.4 Å². The molecule has 1 amide bonds. The monoisotopic (exact) mass is 362 g/mol. The van der Waals surface area contributed by atoms with Crippen molar-refractivity contribution in [2.45, 2.75) is 12.3 Å². The Kier molecular flexibility index (Phi) is 4.67. The molecule has 3 aromatic rings. The fourth-order valence-corrected chi connectivity index (χ4v) is 3.66. The van der Waals surface area contributed by atoms with Crippen LogP contribution in [-0.4, -0.2) is 43.1 Å². The number of rotatable bonds is 4. The van der Waals surface area contributed by atoms with E-state index < -0.39 is 0 Å². The average Bonchev–Trinajstić information content (AvgIpc) is 3.22. The van der Waals surface area contributed by atoms with Gasteiger partial charge in [0.1, 0.15) is 11.5 Å². The highest BCUT2D eigenvalue weighted by molar-refractivity contribution is 5.97. The van der Waals surface area contributed by atoms with Crippen molar-refractivity contribution >= 4 is 16.7 Å². The van der Waals surface area contributed by atoms with Gasteiger partial charge in [-0.05, 0) is 30.0 Å². The Balaban J connectivity index is 1.54. The molecule has 0 saturated carbocycles. The van der Waals surface area contributed by atoms with Gasteiger partial charge in [-0.15, -0.1) is 0 Å². The van der Waals surface area contributed by atoms with Crippen LogP contribution in [0.25, 0.3) is 10.8 Å². The predicted octanol–water partition coefficient (Wildman–Crippen LogP) is 3.88. The van der Waals surface area contributed by atoms with Gasteiger partial charge >= 0.3 is 0 Å². The van der Waals surface area contributed by atoms with Gasteiger partial charge in [0.15, 0.2) is 0 Å². The summed E-state index contributed by atoms with van der Waals surface area (Å²) in [5.41, 5.74) is 1.61. The second kappa shape index (κ2) is 7.27. The van der Waals surface area contributed by atoms with Crippen molar-refractivity contribution in [3.8, 4) is 11.5 Å². The smallest absolute Gasteiger partial charge is 0.257 e. The zero-order chi connectivity index (χ0) is 18.8. The highest BCUT2D eigenvalue weighted by atomic mass is 16.5. The molecule has 27 heavy (non-hydrogen) atoms. The first-order valence-corrected chi connectivity index (χ1v) is 9.05. The quantitative estimate of drug-likeness (QED) is 0.707. The molecule has 1 unspecified atom stereocenters.